The third kappa shape index (κ3) is 2.34. The Morgan fingerprint density at radius 1 is 1.40 bits per heavy atom. The van der Waals surface area contributed by atoms with Crippen molar-refractivity contribution in [2.24, 2.45) is 0 Å². The van der Waals surface area contributed by atoms with Gasteiger partial charge in [-0.15, -0.1) is 0 Å². The van der Waals surface area contributed by atoms with Crippen LogP contribution in [0.4, 0.5) is 0 Å². The third-order valence-electron chi connectivity index (χ3n) is 3.00. The zero-order chi connectivity index (χ0) is 14.9. The van der Waals surface area contributed by atoms with Gasteiger partial charge < -0.3 is 4.74 Å². The molecule has 1 amide bonds. The van der Waals surface area contributed by atoms with Crippen molar-refractivity contribution in [3.05, 3.63) is 23.7 Å². The second kappa shape index (κ2) is 5.28. The Hall–Kier alpha value is -2.44. The van der Waals surface area contributed by atoms with Gasteiger partial charge in [0.15, 0.2) is 5.65 Å². The molecule has 0 aromatic carbocycles. The summed E-state index contributed by atoms with van der Waals surface area (Å²) in [6, 6.07) is 1.84. The van der Waals surface area contributed by atoms with Crippen LogP contribution in [0.3, 0.4) is 0 Å². The number of hydrogen-bond donors (Lipinski definition) is 0. The van der Waals surface area contributed by atoms with Crippen molar-refractivity contribution < 1.29 is 14.3 Å². The van der Waals surface area contributed by atoms with Gasteiger partial charge in [-0.3, -0.25) is 9.59 Å². The second-order valence-corrected chi connectivity index (χ2v) is 4.42. The molecule has 0 aliphatic carbocycles. The summed E-state index contributed by atoms with van der Waals surface area (Å²) in [7, 11) is 1.28. The minimum absolute atomic E-state index is 0.187. The maximum atomic E-state index is 11.8. The first-order chi connectivity index (χ1) is 9.45. The minimum Gasteiger partial charge on any atom is -0.468 e. The van der Waals surface area contributed by atoms with E-state index in [0.717, 1.165) is 5.56 Å². The summed E-state index contributed by atoms with van der Waals surface area (Å²) < 4.78 is 6.16. The summed E-state index contributed by atoms with van der Waals surface area (Å²) in [6.45, 7) is 4.87. The number of fused-ring (bicyclic) bond motifs is 1. The average Bonchev–Trinajstić information content (AvgIpc) is 2.73. The first-order valence-electron chi connectivity index (χ1n) is 6.11. The lowest BCUT2D eigenvalue weighted by atomic mass is 10.3. The molecule has 2 rings (SSSR count). The summed E-state index contributed by atoms with van der Waals surface area (Å²) in [6.07, 6.45) is 1.64. The lowest BCUT2D eigenvalue weighted by molar-refractivity contribution is -0.140. The van der Waals surface area contributed by atoms with E-state index in [-0.39, 0.29) is 12.5 Å². The molecule has 20 heavy (non-hydrogen) atoms. The molecule has 0 unspecified atom stereocenters. The van der Waals surface area contributed by atoms with E-state index >= 15 is 0 Å². The average molecular weight is 276 g/mol. The van der Waals surface area contributed by atoms with Crippen LogP contribution in [0.15, 0.2) is 12.3 Å². The van der Waals surface area contributed by atoms with Crippen LogP contribution in [-0.4, -0.2) is 40.2 Å². The van der Waals surface area contributed by atoms with E-state index in [1.54, 1.807) is 17.8 Å². The Bertz CT molecular complexity index is 678. The monoisotopic (exact) mass is 276 g/mol. The van der Waals surface area contributed by atoms with Crippen molar-refractivity contribution in [3.8, 4) is 0 Å². The van der Waals surface area contributed by atoms with E-state index in [1.165, 1.54) is 19.0 Å². The molecule has 0 N–H and O–H groups in total. The van der Waals surface area contributed by atoms with Crippen molar-refractivity contribution in [1.82, 2.24) is 14.6 Å². The predicted molar refractivity (Wildman–Crippen MR) is 72.8 cm³/mol. The molecule has 0 spiro atoms. The van der Waals surface area contributed by atoms with Crippen LogP contribution in [0.1, 0.15) is 18.3 Å². The summed E-state index contributed by atoms with van der Waals surface area (Å²) >= 11 is 0. The van der Waals surface area contributed by atoms with Crippen LogP contribution in [-0.2, 0) is 14.3 Å². The first kappa shape index (κ1) is 14.0. The van der Waals surface area contributed by atoms with E-state index in [9.17, 15) is 9.59 Å². The minimum atomic E-state index is -0.505. The summed E-state index contributed by atoms with van der Waals surface area (Å²) in [5.74, 6) is -0.212. The Balaban J connectivity index is 2.59. The zero-order valence-electron chi connectivity index (χ0n) is 11.9. The molecule has 0 atom stereocenters. The highest BCUT2D eigenvalue weighted by Gasteiger charge is 2.21. The molecule has 0 saturated heterocycles. The molecule has 106 valence electrons. The fraction of sp³-hybridized carbons (Fsp3) is 0.385. The van der Waals surface area contributed by atoms with E-state index in [1.807, 2.05) is 13.0 Å². The van der Waals surface area contributed by atoms with Gasteiger partial charge in [-0.1, -0.05) is 0 Å². The van der Waals surface area contributed by atoms with Gasteiger partial charge in [0.25, 0.3) is 0 Å². The van der Waals surface area contributed by atoms with Crippen molar-refractivity contribution in [2.45, 2.75) is 20.8 Å². The number of aryl methyl sites for hydroxylation is 2. The molecular weight excluding hydrogens is 260 g/mol. The van der Waals surface area contributed by atoms with Crippen LogP contribution in [0.25, 0.3) is 11.2 Å². The number of carbonyl (C=O) groups is 2. The highest BCUT2D eigenvalue weighted by molar-refractivity contribution is 5.91. The number of methoxy groups -OCH3 is 1. The SMILES string of the molecule is COC(=O)CN(C(C)=O)n1c(C)nc2c(C)ccnc21. The van der Waals surface area contributed by atoms with E-state index in [2.05, 4.69) is 14.7 Å². The molecule has 0 aliphatic heterocycles. The molecule has 7 heteroatoms. The Morgan fingerprint density at radius 3 is 2.70 bits per heavy atom. The number of nitrogens with zero attached hydrogens (tertiary/aromatic N) is 4. The van der Waals surface area contributed by atoms with Crippen molar-refractivity contribution >= 4 is 23.0 Å². The molecule has 2 heterocycles. The van der Waals surface area contributed by atoms with Crippen LogP contribution in [0.5, 0.6) is 0 Å². The molecule has 0 radical (unpaired) electrons. The topological polar surface area (TPSA) is 77.3 Å². The van der Waals surface area contributed by atoms with Gasteiger partial charge in [0.2, 0.25) is 5.91 Å². The molecular formula is C13H16N4O3. The van der Waals surface area contributed by atoms with E-state index in [4.69, 9.17) is 0 Å². The van der Waals surface area contributed by atoms with Crippen molar-refractivity contribution in [2.75, 3.05) is 18.7 Å². The Kier molecular flexibility index (Phi) is 3.69. The van der Waals surface area contributed by atoms with Gasteiger partial charge in [-0.25, -0.2) is 19.7 Å². The summed E-state index contributed by atoms with van der Waals surface area (Å²) in [4.78, 5) is 31.9. The largest absolute Gasteiger partial charge is 0.468 e. The van der Waals surface area contributed by atoms with Gasteiger partial charge in [-0.2, -0.15) is 0 Å². The van der Waals surface area contributed by atoms with Crippen molar-refractivity contribution in [3.63, 3.8) is 0 Å². The summed E-state index contributed by atoms with van der Waals surface area (Å²) in [5, 5.41) is 1.27. The molecule has 2 aromatic rings. The number of carbonyl (C=O) groups excluding carboxylic acids is 2. The molecule has 0 saturated carbocycles. The Labute approximate surface area is 116 Å². The number of esters is 1. The van der Waals surface area contributed by atoms with Gasteiger partial charge in [0.1, 0.15) is 17.9 Å². The van der Waals surface area contributed by atoms with Gasteiger partial charge in [0, 0.05) is 13.1 Å². The van der Waals surface area contributed by atoms with Crippen LogP contribution < -0.4 is 5.01 Å². The summed E-state index contributed by atoms with van der Waals surface area (Å²) in [5.41, 5.74) is 2.21. The van der Waals surface area contributed by atoms with E-state index in [0.29, 0.717) is 17.0 Å². The standard InChI is InChI=1S/C13H16N4O3/c1-8-5-6-14-13-12(8)15-9(2)17(13)16(10(3)18)7-11(19)20-4/h5-6H,7H2,1-4H3. The number of amides is 1. The molecule has 0 bridgehead atoms. The lowest BCUT2D eigenvalue weighted by Gasteiger charge is -2.22. The third-order valence-corrected chi connectivity index (χ3v) is 3.00. The molecule has 7 nitrogen and oxygen atoms in total. The van der Waals surface area contributed by atoms with E-state index < -0.39 is 5.97 Å². The lowest BCUT2D eigenvalue weighted by Crippen LogP contribution is -2.43. The Morgan fingerprint density at radius 2 is 2.10 bits per heavy atom. The quantitative estimate of drug-likeness (QED) is 0.771. The highest BCUT2D eigenvalue weighted by Crippen LogP contribution is 2.17. The maximum Gasteiger partial charge on any atom is 0.327 e. The maximum absolute atomic E-state index is 11.8. The zero-order valence-corrected chi connectivity index (χ0v) is 11.9. The highest BCUT2D eigenvalue weighted by atomic mass is 16.5. The van der Waals surface area contributed by atoms with Crippen LogP contribution in [0, 0.1) is 13.8 Å². The van der Waals surface area contributed by atoms with Gasteiger partial charge >= 0.3 is 5.97 Å². The fourth-order valence-electron chi connectivity index (χ4n) is 1.99. The molecule has 0 fully saturated rings. The van der Waals surface area contributed by atoms with Gasteiger partial charge in [0.05, 0.1) is 7.11 Å². The number of pyridine rings is 1. The number of imidazole rings is 1. The van der Waals surface area contributed by atoms with Gasteiger partial charge in [-0.05, 0) is 25.5 Å². The van der Waals surface area contributed by atoms with Crippen LogP contribution >= 0.6 is 0 Å². The fourth-order valence-corrected chi connectivity index (χ4v) is 1.99. The number of ether oxygens (including phenoxy) is 1. The molecule has 0 aliphatic rings. The predicted octanol–water partition coefficient (Wildman–Crippen LogP) is 0.706. The number of rotatable bonds is 3. The van der Waals surface area contributed by atoms with Crippen LogP contribution in [0.2, 0.25) is 0 Å². The molecule has 2 aromatic heterocycles. The normalized spacial score (nSPS) is 10.6. The first-order valence-corrected chi connectivity index (χ1v) is 6.11. The second-order valence-electron chi connectivity index (χ2n) is 4.42. The van der Waals surface area contributed by atoms with Crippen molar-refractivity contribution in [1.29, 1.82) is 0 Å². The number of hydrogen-bond acceptors (Lipinski definition) is 5. The smallest absolute Gasteiger partial charge is 0.327 e. The number of aromatic nitrogens is 3.